The van der Waals surface area contributed by atoms with Gasteiger partial charge < -0.3 is 25.3 Å². The van der Waals surface area contributed by atoms with Gasteiger partial charge in [0.1, 0.15) is 5.52 Å². The SMILES string of the molecule is CN(C)c1cccc(Nc2nc(NCCN3CCOCC3)c3[nH]cnc3n2)c1. The molecule has 0 radical (unpaired) electrons. The molecule has 3 N–H and O–H groups in total. The number of fused-ring (bicyclic) bond motifs is 1. The van der Waals surface area contributed by atoms with Crippen LogP contribution in [0.1, 0.15) is 0 Å². The van der Waals surface area contributed by atoms with E-state index in [9.17, 15) is 0 Å². The number of imidazole rings is 1. The predicted octanol–water partition coefficient (Wildman–Crippen LogP) is 1.91. The summed E-state index contributed by atoms with van der Waals surface area (Å²) in [5.74, 6) is 1.27. The standard InChI is InChI=1S/C19H26N8O/c1-26(2)15-5-3-4-14(12-15)23-19-24-17(16-18(25-19)22-13-21-16)20-6-7-27-8-10-28-11-9-27/h3-5,12-13H,6-11H2,1-2H3,(H3,20,21,22,23,24,25). The second-order valence-corrected chi connectivity index (χ2v) is 6.95. The summed E-state index contributed by atoms with van der Waals surface area (Å²) in [6.07, 6.45) is 1.64. The molecule has 3 heterocycles. The lowest BCUT2D eigenvalue weighted by Crippen LogP contribution is -2.39. The molecule has 1 aliphatic heterocycles. The summed E-state index contributed by atoms with van der Waals surface area (Å²) in [6.45, 7) is 5.29. The molecule has 0 bridgehead atoms. The number of anilines is 4. The fourth-order valence-corrected chi connectivity index (χ4v) is 3.17. The highest BCUT2D eigenvalue weighted by Gasteiger charge is 2.13. The molecule has 0 aliphatic carbocycles. The predicted molar refractivity (Wildman–Crippen MR) is 111 cm³/mol. The van der Waals surface area contributed by atoms with Crippen LogP contribution in [-0.4, -0.2) is 78.3 Å². The molecule has 1 fully saturated rings. The Labute approximate surface area is 164 Å². The number of benzene rings is 1. The number of rotatable bonds is 7. The van der Waals surface area contributed by atoms with Crippen molar-refractivity contribution in [2.75, 3.05) is 69.0 Å². The Balaban J connectivity index is 1.49. The van der Waals surface area contributed by atoms with E-state index >= 15 is 0 Å². The van der Waals surface area contributed by atoms with Gasteiger partial charge in [-0.25, -0.2) is 4.98 Å². The second-order valence-electron chi connectivity index (χ2n) is 6.95. The summed E-state index contributed by atoms with van der Waals surface area (Å²) in [5.41, 5.74) is 3.49. The van der Waals surface area contributed by atoms with Crippen LogP contribution >= 0.6 is 0 Å². The molecule has 0 spiro atoms. The summed E-state index contributed by atoms with van der Waals surface area (Å²) in [7, 11) is 4.03. The van der Waals surface area contributed by atoms with Crippen LogP contribution in [0.3, 0.4) is 0 Å². The maximum absolute atomic E-state index is 5.40. The summed E-state index contributed by atoms with van der Waals surface area (Å²) < 4.78 is 5.40. The smallest absolute Gasteiger partial charge is 0.231 e. The van der Waals surface area contributed by atoms with Gasteiger partial charge in [0, 0.05) is 51.6 Å². The van der Waals surface area contributed by atoms with Gasteiger partial charge in [0.05, 0.1) is 19.5 Å². The van der Waals surface area contributed by atoms with Crippen molar-refractivity contribution in [3.05, 3.63) is 30.6 Å². The van der Waals surface area contributed by atoms with Crippen molar-refractivity contribution in [2.24, 2.45) is 0 Å². The number of nitrogens with one attached hydrogen (secondary N) is 3. The highest BCUT2D eigenvalue weighted by molar-refractivity contribution is 5.84. The first-order chi connectivity index (χ1) is 13.7. The summed E-state index contributed by atoms with van der Waals surface area (Å²) in [6, 6.07) is 8.12. The molecule has 28 heavy (non-hydrogen) atoms. The Morgan fingerprint density at radius 1 is 1.21 bits per heavy atom. The number of H-pyrrole nitrogens is 1. The summed E-state index contributed by atoms with van der Waals surface area (Å²) >= 11 is 0. The topological polar surface area (TPSA) is 94.2 Å². The van der Waals surface area contributed by atoms with E-state index in [4.69, 9.17) is 4.74 Å². The van der Waals surface area contributed by atoms with Gasteiger partial charge in [-0.1, -0.05) is 6.07 Å². The third-order valence-electron chi connectivity index (χ3n) is 4.73. The van der Waals surface area contributed by atoms with Gasteiger partial charge in [-0.2, -0.15) is 9.97 Å². The van der Waals surface area contributed by atoms with E-state index in [0.29, 0.717) is 11.6 Å². The van der Waals surface area contributed by atoms with Gasteiger partial charge >= 0.3 is 0 Å². The fraction of sp³-hybridized carbons (Fsp3) is 0.421. The Kier molecular flexibility index (Phi) is 5.54. The van der Waals surface area contributed by atoms with Crippen molar-refractivity contribution >= 4 is 34.3 Å². The minimum absolute atomic E-state index is 0.518. The van der Waals surface area contributed by atoms with Gasteiger partial charge in [0.2, 0.25) is 5.95 Å². The van der Waals surface area contributed by atoms with E-state index in [1.165, 1.54) is 0 Å². The monoisotopic (exact) mass is 382 g/mol. The van der Waals surface area contributed by atoms with Crippen molar-refractivity contribution in [2.45, 2.75) is 0 Å². The minimum atomic E-state index is 0.518. The molecular weight excluding hydrogens is 356 g/mol. The highest BCUT2D eigenvalue weighted by atomic mass is 16.5. The Bertz CT molecular complexity index is 919. The first-order valence-corrected chi connectivity index (χ1v) is 9.48. The molecule has 1 saturated heterocycles. The Hall–Kier alpha value is -2.91. The molecule has 0 atom stereocenters. The molecule has 0 unspecified atom stereocenters. The van der Waals surface area contributed by atoms with E-state index in [2.05, 4.69) is 52.5 Å². The van der Waals surface area contributed by atoms with Crippen LogP contribution in [0.25, 0.3) is 11.2 Å². The average molecular weight is 382 g/mol. The quantitative estimate of drug-likeness (QED) is 0.570. The molecule has 0 saturated carbocycles. The first-order valence-electron chi connectivity index (χ1n) is 9.48. The maximum atomic E-state index is 5.40. The van der Waals surface area contributed by atoms with Crippen molar-refractivity contribution in [1.82, 2.24) is 24.8 Å². The van der Waals surface area contributed by atoms with E-state index in [-0.39, 0.29) is 0 Å². The number of ether oxygens (including phenoxy) is 1. The van der Waals surface area contributed by atoms with E-state index < -0.39 is 0 Å². The normalized spacial score (nSPS) is 14.9. The molecule has 148 valence electrons. The highest BCUT2D eigenvalue weighted by Crippen LogP contribution is 2.23. The second kappa shape index (κ2) is 8.41. The molecule has 2 aromatic heterocycles. The van der Waals surface area contributed by atoms with Gasteiger partial charge in [0.15, 0.2) is 11.5 Å². The average Bonchev–Trinajstić information content (AvgIpc) is 3.18. The molecule has 1 aliphatic rings. The van der Waals surface area contributed by atoms with Gasteiger partial charge in [-0.15, -0.1) is 0 Å². The molecule has 0 amide bonds. The zero-order valence-electron chi connectivity index (χ0n) is 16.3. The Morgan fingerprint density at radius 2 is 2.07 bits per heavy atom. The lowest BCUT2D eigenvalue weighted by atomic mass is 10.2. The van der Waals surface area contributed by atoms with E-state index in [0.717, 1.165) is 62.1 Å². The summed E-state index contributed by atoms with van der Waals surface area (Å²) in [5, 5.41) is 6.72. The molecule has 3 aromatic rings. The van der Waals surface area contributed by atoms with Gasteiger partial charge in [-0.3, -0.25) is 4.90 Å². The Morgan fingerprint density at radius 3 is 2.89 bits per heavy atom. The zero-order chi connectivity index (χ0) is 19.3. The number of hydrogen-bond donors (Lipinski definition) is 3. The third-order valence-corrected chi connectivity index (χ3v) is 4.73. The van der Waals surface area contributed by atoms with Crippen LogP contribution in [0.15, 0.2) is 30.6 Å². The largest absolute Gasteiger partial charge is 0.379 e. The van der Waals surface area contributed by atoms with Crippen LogP contribution in [0.2, 0.25) is 0 Å². The molecular formula is C19H26N8O. The zero-order valence-corrected chi connectivity index (χ0v) is 16.3. The van der Waals surface area contributed by atoms with Crippen molar-refractivity contribution in [3.63, 3.8) is 0 Å². The number of morpholine rings is 1. The van der Waals surface area contributed by atoms with Crippen LogP contribution in [0.5, 0.6) is 0 Å². The molecule has 9 heteroatoms. The molecule has 4 rings (SSSR count). The minimum Gasteiger partial charge on any atom is -0.379 e. The number of aromatic nitrogens is 4. The summed E-state index contributed by atoms with van der Waals surface area (Å²) in [4.78, 5) is 21.1. The lowest BCUT2D eigenvalue weighted by Gasteiger charge is -2.26. The first kappa shape index (κ1) is 18.5. The van der Waals surface area contributed by atoms with Crippen molar-refractivity contribution < 1.29 is 4.74 Å². The van der Waals surface area contributed by atoms with Crippen molar-refractivity contribution in [1.29, 1.82) is 0 Å². The fourth-order valence-electron chi connectivity index (χ4n) is 3.17. The van der Waals surface area contributed by atoms with Crippen LogP contribution in [0, 0.1) is 0 Å². The lowest BCUT2D eigenvalue weighted by molar-refractivity contribution is 0.0398. The van der Waals surface area contributed by atoms with E-state index in [1.54, 1.807) is 6.33 Å². The maximum Gasteiger partial charge on any atom is 0.231 e. The number of hydrogen-bond acceptors (Lipinski definition) is 8. The third kappa shape index (κ3) is 4.32. The number of nitrogens with zero attached hydrogens (tertiary/aromatic N) is 5. The van der Waals surface area contributed by atoms with Crippen LogP contribution in [0.4, 0.5) is 23.1 Å². The number of aromatic amines is 1. The van der Waals surface area contributed by atoms with Gasteiger partial charge in [-0.05, 0) is 18.2 Å². The molecule has 9 nitrogen and oxygen atoms in total. The van der Waals surface area contributed by atoms with Crippen LogP contribution in [-0.2, 0) is 4.74 Å². The van der Waals surface area contributed by atoms with Gasteiger partial charge in [0.25, 0.3) is 0 Å². The molecule has 1 aromatic carbocycles. The van der Waals surface area contributed by atoms with Crippen LogP contribution < -0.4 is 15.5 Å². The van der Waals surface area contributed by atoms with Crippen molar-refractivity contribution in [3.8, 4) is 0 Å². The van der Waals surface area contributed by atoms with E-state index in [1.807, 2.05) is 26.2 Å².